The SMILES string of the molecule is CCOc1ccc2ccccc2c1C=NNC(=O)Cc1ccc(Br)cc1. The molecule has 0 saturated heterocycles. The van der Waals surface area contributed by atoms with Crippen LogP contribution in [0.1, 0.15) is 18.1 Å². The summed E-state index contributed by atoms with van der Waals surface area (Å²) in [5.74, 6) is 0.582. The second-order valence-electron chi connectivity index (χ2n) is 5.73. The van der Waals surface area contributed by atoms with Gasteiger partial charge in [-0.15, -0.1) is 0 Å². The Balaban J connectivity index is 1.76. The van der Waals surface area contributed by atoms with Gasteiger partial charge in [0.1, 0.15) is 5.75 Å². The average Bonchev–Trinajstić information content (AvgIpc) is 2.65. The van der Waals surface area contributed by atoms with Gasteiger partial charge in [-0.05, 0) is 41.5 Å². The number of hydrogen-bond acceptors (Lipinski definition) is 3. The van der Waals surface area contributed by atoms with Crippen LogP contribution in [-0.2, 0) is 11.2 Å². The number of hydrogen-bond donors (Lipinski definition) is 1. The average molecular weight is 411 g/mol. The Kier molecular flexibility index (Phi) is 6.02. The molecule has 0 saturated carbocycles. The van der Waals surface area contributed by atoms with Gasteiger partial charge >= 0.3 is 0 Å². The number of carbonyl (C=O) groups excluding carboxylic acids is 1. The summed E-state index contributed by atoms with van der Waals surface area (Å²) in [5.41, 5.74) is 4.38. The lowest BCUT2D eigenvalue weighted by Gasteiger charge is -2.10. The topological polar surface area (TPSA) is 50.7 Å². The molecule has 3 rings (SSSR count). The van der Waals surface area contributed by atoms with Crippen LogP contribution < -0.4 is 10.2 Å². The lowest BCUT2D eigenvalue weighted by molar-refractivity contribution is -0.120. The number of carbonyl (C=O) groups is 1. The third kappa shape index (κ3) is 4.49. The van der Waals surface area contributed by atoms with Crippen LogP contribution in [0.4, 0.5) is 0 Å². The van der Waals surface area contributed by atoms with E-state index in [1.807, 2.05) is 67.6 Å². The highest BCUT2D eigenvalue weighted by atomic mass is 79.9. The lowest BCUT2D eigenvalue weighted by Crippen LogP contribution is -2.19. The van der Waals surface area contributed by atoms with E-state index in [4.69, 9.17) is 4.74 Å². The van der Waals surface area contributed by atoms with Gasteiger partial charge in [0.05, 0.1) is 19.2 Å². The Morgan fingerprint density at radius 3 is 2.65 bits per heavy atom. The van der Waals surface area contributed by atoms with E-state index >= 15 is 0 Å². The molecule has 0 atom stereocenters. The van der Waals surface area contributed by atoms with Crippen molar-refractivity contribution < 1.29 is 9.53 Å². The molecule has 5 heteroatoms. The molecule has 0 aliphatic heterocycles. The van der Waals surface area contributed by atoms with Crippen molar-refractivity contribution in [1.29, 1.82) is 0 Å². The molecule has 0 spiro atoms. The van der Waals surface area contributed by atoms with Crippen LogP contribution in [0.3, 0.4) is 0 Å². The Morgan fingerprint density at radius 1 is 1.12 bits per heavy atom. The molecule has 132 valence electrons. The number of ether oxygens (including phenoxy) is 1. The third-order valence-electron chi connectivity index (χ3n) is 3.89. The predicted octanol–water partition coefficient (Wildman–Crippen LogP) is 4.69. The smallest absolute Gasteiger partial charge is 0.244 e. The van der Waals surface area contributed by atoms with E-state index in [1.165, 1.54) is 0 Å². The minimum atomic E-state index is -0.165. The van der Waals surface area contributed by atoms with E-state index in [-0.39, 0.29) is 12.3 Å². The number of amides is 1. The molecular formula is C21H19BrN2O2. The fourth-order valence-electron chi connectivity index (χ4n) is 2.69. The fourth-order valence-corrected chi connectivity index (χ4v) is 2.95. The first-order valence-corrected chi connectivity index (χ1v) is 9.17. The first kappa shape index (κ1) is 18.1. The fraction of sp³-hybridized carbons (Fsp3) is 0.143. The van der Waals surface area contributed by atoms with Gasteiger partial charge in [-0.3, -0.25) is 4.79 Å². The first-order valence-electron chi connectivity index (χ1n) is 8.38. The number of hydrazone groups is 1. The van der Waals surface area contributed by atoms with Gasteiger partial charge in [0.25, 0.3) is 0 Å². The van der Waals surface area contributed by atoms with Gasteiger partial charge in [-0.2, -0.15) is 5.10 Å². The lowest BCUT2D eigenvalue weighted by atomic mass is 10.0. The molecule has 1 N–H and O–H groups in total. The Labute approximate surface area is 161 Å². The molecular weight excluding hydrogens is 392 g/mol. The van der Waals surface area contributed by atoms with Crippen molar-refractivity contribution in [3.05, 3.63) is 76.3 Å². The van der Waals surface area contributed by atoms with Crippen LogP contribution in [0.25, 0.3) is 10.8 Å². The molecule has 0 bridgehead atoms. The summed E-state index contributed by atoms with van der Waals surface area (Å²) in [6.07, 6.45) is 1.92. The molecule has 4 nitrogen and oxygen atoms in total. The highest BCUT2D eigenvalue weighted by Gasteiger charge is 2.07. The summed E-state index contributed by atoms with van der Waals surface area (Å²) in [6, 6.07) is 19.6. The highest BCUT2D eigenvalue weighted by molar-refractivity contribution is 9.10. The molecule has 1 amide bonds. The summed E-state index contributed by atoms with van der Waals surface area (Å²) in [6.45, 7) is 2.51. The first-order chi connectivity index (χ1) is 12.7. The van der Waals surface area contributed by atoms with Crippen molar-refractivity contribution in [2.75, 3.05) is 6.61 Å². The van der Waals surface area contributed by atoms with Crippen LogP contribution in [0.2, 0.25) is 0 Å². The van der Waals surface area contributed by atoms with Crippen molar-refractivity contribution >= 4 is 38.8 Å². The standard InChI is InChI=1S/C21H19BrN2O2/c1-2-26-20-12-9-16-5-3-4-6-18(16)19(20)14-23-24-21(25)13-15-7-10-17(22)11-8-15/h3-12,14H,2,13H2,1H3,(H,24,25). The summed E-state index contributed by atoms with van der Waals surface area (Å²) in [7, 11) is 0. The number of rotatable bonds is 6. The molecule has 0 aliphatic rings. The summed E-state index contributed by atoms with van der Waals surface area (Å²) in [5, 5.41) is 6.26. The van der Waals surface area contributed by atoms with Crippen molar-refractivity contribution in [2.45, 2.75) is 13.3 Å². The molecule has 26 heavy (non-hydrogen) atoms. The van der Waals surface area contributed by atoms with Gasteiger partial charge < -0.3 is 4.74 Å². The van der Waals surface area contributed by atoms with Gasteiger partial charge in [-0.1, -0.05) is 58.4 Å². The van der Waals surface area contributed by atoms with E-state index in [0.717, 1.165) is 32.1 Å². The number of fused-ring (bicyclic) bond motifs is 1. The van der Waals surface area contributed by atoms with E-state index < -0.39 is 0 Å². The molecule has 0 fully saturated rings. The molecule has 0 aromatic heterocycles. The Bertz CT molecular complexity index is 936. The van der Waals surface area contributed by atoms with Gasteiger partial charge in [0.15, 0.2) is 0 Å². The van der Waals surface area contributed by atoms with Gasteiger partial charge in [0, 0.05) is 10.0 Å². The van der Waals surface area contributed by atoms with Crippen molar-refractivity contribution in [3.8, 4) is 5.75 Å². The van der Waals surface area contributed by atoms with E-state index in [0.29, 0.717) is 6.61 Å². The number of nitrogens with zero attached hydrogens (tertiary/aromatic N) is 1. The van der Waals surface area contributed by atoms with Gasteiger partial charge in [-0.25, -0.2) is 5.43 Å². The zero-order valence-electron chi connectivity index (χ0n) is 14.4. The third-order valence-corrected chi connectivity index (χ3v) is 4.42. The second kappa shape index (κ2) is 8.63. The molecule has 0 aliphatic carbocycles. The molecule has 0 radical (unpaired) electrons. The predicted molar refractivity (Wildman–Crippen MR) is 109 cm³/mol. The number of halogens is 1. The van der Waals surface area contributed by atoms with Crippen molar-refractivity contribution in [1.82, 2.24) is 5.43 Å². The summed E-state index contributed by atoms with van der Waals surface area (Å²) in [4.78, 5) is 12.1. The molecule has 0 heterocycles. The largest absolute Gasteiger partial charge is 0.493 e. The van der Waals surface area contributed by atoms with E-state index in [9.17, 15) is 4.79 Å². The monoisotopic (exact) mass is 410 g/mol. The summed E-state index contributed by atoms with van der Waals surface area (Å²) >= 11 is 3.38. The van der Waals surface area contributed by atoms with Crippen molar-refractivity contribution in [2.24, 2.45) is 5.10 Å². The Morgan fingerprint density at radius 2 is 1.88 bits per heavy atom. The zero-order chi connectivity index (χ0) is 18.4. The van der Waals surface area contributed by atoms with E-state index in [1.54, 1.807) is 6.21 Å². The molecule has 3 aromatic rings. The van der Waals surface area contributed by atoms with Crippen LogP contribution in [-0.4, -0.2) is 18.7 Å². The van der Waals surface area contributed by atoms with Crippen LogP contribution in [0.5, 0.6) is 5.75 Å². The second-order valence-corrected chi connectivity index (χ2v) is 6.64. The molecule has 3 aromatic carbocycles. The minimum absolute atomic E-state index is 0.165. The number of benzene rings is 3. The maximum atomic E-state index is 12.1. The molecule has 0 unspecified atom stereocenters. The maximum absolute atomic E-state index is 12.1. The Hall–Kier alpha value is -2.66. The normalized spacial score (nSPS) is 11.0. The van der Waals surface area contributed by atoms with Crippen molar-refractivity contribution in [3.63, 3.8) is 0 Å². The van der Waals surface area contributed by atoms with Crippen LogP contribution >= 0.6 is 15.9 Å². The number of nitrogens with one attached hydrogen (secondary N) is 1. The summed E-state index contributed by atoms with van der Waals surface area (Å²) < 4.78 is 6.69. The van der Waals surface area contributed by atoms with Crippen LogP contribution in [0.15, 0.2) is 70.2 Å². The zero-order valence-corrected chi connectivity index (χ0v) is 16.0. The quantitative estimate of drug-likeness (QED) is 0.473. The van der Waals surface area contributed by atoms with Gasteiger partial charge in [0.2, 0.25) is 5.91 Å². The minimum Gasteiger partial charge on any atom is -0.493 e. The highest BCUT2D eigenvalue weighted by Crippen LogP contribution is 2.26. The van der Waals surface area contributed by atoms with E-state index in [2.05, 4.69) is 26.5 Å². The maximum Gasteiger partial charge on any atom is 0.244 e. The van der Waals surface area contributed by atoms with Crippen LogP contribution in [0, 0.1) is 0 Å².